The monoisotopic (exact) mass is 370 g/mol. The van der Waals surface area contributed by atoms with Crippen molar-refractivity contribution in [1.29, 1.82) is 0 Å². The van der Waals surface area contributed by atoms with Crippen molar-refractivity contribution in [3.8, 4) is 5.75 Å². The van der Waals surface area contributed by atoms with Crippen LogP contribution >= 0.6 is 7.21 Å². The zero-order valence-electron chi connectivity index (χ0n) is 16.5. The van der Waals surface area contributed by atoms with Crippen LogP contribution in [0.4, 0.5) is 5.69 Å². The molecule has 0 saturated carbocycles. The van der Waals surface area contributed by atoms with Gasteiger partial charge in [0.05, 0.1) is 14.3 Å². The van der Waals surface area contributed by atoms with Gasteiger partial charge in [-0.25, -0.2) is 4.74 Å². The number of ether oxygens (including phenoxy) is 1. The molecule has 26 heavy (non-hydrogen) atoms. The van der Waals surface area contributed by atoms with Crippen LogP contribution in [0.2, 0.25) is 0 Å². The average Bonchev–Trinajstić information content (AvgIpc) is 2.67. The summed E-state index contributed by atoms with van der Waals surface area (Å²) >= 11 is 0. The van der Waals surface area contributed by atoms with E-state index < -0.39 is 7.21 Å². The molecule has 140 valence electrons. The summed E-state index contributed by atoms with van der Waals surface area (Å²) in [6.07, 6.45) is 3.84. The van der Waals surface area contributed by atoms with E-state index in [1.807, 2.05) is 12.1 Å². The van der Waals surface area contributed by atoms with Crippen LogP contribution in [-0.4, -0.2) is 30.0 Å². The molecule has 0 N–H and O–H groups in total. The van der Waals surface area contributed by atoms with Crippen molar-refractivity contribution in [2.24, 2.45) is 4.74 Å². The quantitative estimate of drug-likeness (QED) is 0.612. The summed E-state index contributed by atoms with van der Waals surface area (Å²) in [5, 5.41) is 1.40. The lowest BCUT2D eigenvalue weighted by Gasteiger charge is -2.47. The highest BCUT2D eigenvalue weighted by Gasteiger charge is 2.41. The minimum atomic E-state index is -1.99. The molecule has 2 aromatic carbocycles. The van der Waals surface area contributed by atoms with Gasteiger partial charge in [-0.3, -0.25) is 4.67 Å². The highest BCUT2D eigenvalue weighted by molar-refractivity contribution is 7.73. The van der Waals surface area contributed by atoms with E-state index in [1.165, 1.54) is 24.6 Å². The van der Waals surface area contributed by atoms with Crippen molar-refractivity contribution in [3.05, 3.63) is 54.6 Å². The minimum Gasteiger partial charge on any atom is -0.494 e. The number of nitrogens with zero attached hydrogens (tertiary/aromatic N) is 2. The lowest BCUT2D eigenvalue weighted by atomic mass is 10.2. The van der Waals surface area contributed by atoms with E-state index in [9.17, 15) is 0 Å². The second-order valence-corrected chi connectivity index (χ2v) is 11.7. The Labute approximate surface area is 158 Å². The third kappa shape index (κ3) is 3.61. The van der Waals surface area contributed by atoms with E-state index >= 15 is 0 Å². The molecule has 0 aliphatic carbocycles. The predicted octanol–water partition coefficient (Wildman–Crippen LogP) is 6.05. The van der Waals surface area contributed by atoms with Crippen molar-refractivity contribution in [3.63, 3.8) is 0 Å². The summed E-state index contributed by atoms with van der Waals surface area (Å²) in [6, 6.07) is 19.1. The van der Waals surface area contributed by atoms with E-state index in [2.05, 4.69) is 67.9 Å². The van der Waals surface area contributed by atoms with Crippen LogP contribution in [0.5, 0.6) is 5.75 Å². The second kappa shape index (κ2) is 7.98. The molecule has 1 aliphatic heterocycles. The number of rotatable bonds is 4. The fraction of sp³-hybridized carbons (Fsp3) is 0.455. The van der Waals surface area contributed by atoms with Crippen LogP contribution in [0.15, 0.2) is 59.3 Å². The van der Waals surface area contributed by atoms with E-state index in [4.69, 9.17) is 9.48 Å². The number of hydrogen-bond donors (Lipinski definition) is 0. The maximum atomic E-state index is 5.63. The molecule has 3 nitrogen and oxygen atoms in total. The molecular weight excluding hydrogens is 339 g/mol. The maximum Gasteiger partial charge on any atom is 0.144 e. The standard InChI is InChI=1S/C22H31N2OP/c1-22(2,3)26(19-13-7-5-8-14-19,24-17-11-6-12-18-24)23-20-15-9-10-16-21(20)25-4/h5,7-10,13-16H,6,11-12,17-18H2,1-4H3. The molecule has 1 heterocycles. The van der Waals surface area contributed by atoms with Gasteiger partial charge in [-0.1, -0.05) is 69.7 Å². The summed E-state index contributed by atoms with van der Waals surface area (Å²) in [4.78, 5) is 0. The summed E-state index contributed by atoms with van der Waals surface area (Å²) in [5.74, 6) is 0.856. The van der Waals surface area contributed by atoms with E-state index in [1.54, 1.807) is 7.11 Å². The van der Waals surface area contributed by atoms with Gasteiger partial charge in [-0.05, 0) is 25.0 Å². The number of benzene rings is 2. The largest absolute Gasteiger partial charge is 0.494 e. The molecule has 0 spiro atoms. The third-order valence-electron chi connectivity index (χ3n) is 5.13. The van der Waals surface area contributed by atoms with Crippen LogP contribution < -0.4 is 10.0 Å². The molecule has 0 aromatic heterocycles. The molecule has 3 rings (SSSR count). The van der Waals surface area contributed by atoms with Crippen molar-refractivity contribution < 1.29 is 4.74 Å². The summed E-state index contributed by atoms with van der Waals surface area (Å²) in [5.41, 5.74) is 0.965. The van der Waals surface area contributed by atoms with Gasteiger partial charge in [0, 0.05) is 23.6 Å². The molecule has 2 aromatic rings. The van der Waals surface area contributed by atoms with Gasteiger partial charge in [0.2, 0.25) is 0 Å². The zero-order valence-corrected chi connectivity index (χ0v) is 17.4. The fourth-order valence-electron chi connectivity index (χ4n) is 3.92. The maximum absolute atomic E-state index is 5.63. The van der Waals surface area contributed by atoms with Crippen LogP contribution in [0, 0.1) is 0 Å². The minimum absolute atomic E-state index is 0.0343. The second-order valence-electron chi connectivity index (χ2n) is 7.89. The Kier molecular flexibility index (Phi) is 5.89. The molecule has 0 bridgehead atoms. The van der Waals surface area contributed by atoms with Gasteiger partial charge in [0.25, 0.3) is 0 Å². The zero-order chi connectivity index (χ0) is 18.6. The molecule has 4 heteroatoms. The van der Waals surface area contributed by atoms with Crippen molar-refractivity contribution in [1.82, 2.24) is 4.67 Å². The molecular formula is C22H31N2OP. The third-order valence-corrected chi connectivity index (χ3v) is 9.74. The Morgan fingerprint density at radius 2 is 1.50 bits per heavy atom. The molecule has 0 amide bonds. The first-order valence-corrected chi connectivity index (χ1v) is 11.2. The van der Waals surface area contributed by atoms with Gasteiger partial charge in [0.1, 0.15) is 11.4 Å². The number of piperidine rings is 1. The Balaban J connectivity index is 2.31. The predicted molar refractivity (Wildman–Crippen MR) is 113 cm³/mol. The van der Waals surface area contributed by atoms with E-state index in [-0.39, 0.29) is 5.16 Å². The molecule has 1 atom stereocenters. The van der Waals surface area contributed by atoms with Gasteiger partial charge in [0.15, 0.2) is 0 Å². The topological polar surface area (TPSA) is 24.8 Å². The highest BCUT2D eigenvalue weighted by Crippen LogP contribution is 2.65. The normalized spacial score (nSPS) is 18.2. The van der Waals surface area contributed by atoms with Crippen LogP contribution in [0.3, 0.4) is 0 Å². The fourth-order valence-corrected chi connectivity index (χ4v) is 8.34. The van der Waals surface area contributed by atoms with E-state index in [0.29, 0.717) is 0 Å². The number of para-hydroxylation sites is 1. The van der Waals surface area contributed by atoms with Gasteiger partial charge < -0.3 is 4.74 Å². The molecule has 1 aliphatic rings. The lowest BCUT2D eigenvalue weighted by molar-refractivity contribution is 0.361. The molecule has 0 radical (unpaired) electrons. The van der Waals surface area contributed by atoms with E-state index in [0.717, 1.165) is 24.5 Å². The number of methoxy groups -OCH3 is 1. The molecule has 1 saturated heterocycles. The Bertz CT molecular complexity index is 774. The first-order chi connectivity index (χ1) is 12.5. The summed E-state index contributed by atoms with van der Waals surface area (Å²) in [7, 11) is -0.260. The Morgan fingerprint density at radius 1 is 0.885 bits per heavy atom. The van der Waals surface area contributed by atoms with Gasteiger partial charge >= 0.3 is 0 Å². The van der Waals surface area contributed by atoms with Crippen LogP contribution in [0.1, 0.15) is 40.0 Å². The summed E-state index contributed by atoms with van der Waals surface area (Å²) < 4.78 is 13.9. The molecule has 1 fully saturated rings. The summed E-state index contributed by atoms with van der Waals surface area (Å²) in [6.45, 7) is 9.29. The van der Waals surface area contributed by atoms with Gasteiger partial charge in [-0.15, -0.1) is 0 Å². The SMILES string of the molecule is COc1ccccc1N=P(c1ccccc1)(N1CCCCC1)C(C)(C)C. The van der Waals surface area contributed by atoms with Gasteiger partial charge in [-0.2, -0.15) is 0 Å². The highest BCUT2D eigenvalue weighted by atomic mass is 31.2. The molecule has 1 unspecified atom stereocenters. The Morgan fingerprint density at radius 3 is 2.12 bits per heavy atom. The first kappa shape index (κ1) is 19.2. The average molecular weight is 370 g/mol. The Hall–Kier alpha value is -1.57. The first-order valence-electron chi connectivity index (χ1n) is 9.55. The van der Waals surface area contributed by atoms with Crippen LogP contribution in [0.25, 0.3) is 0 Å². The number of hydrogen-bond acceptors (Lipinski definition) is 2. The smallest absolute Gasteiger partial charge is 0.144 e. The lowest BCUT2D eigenvalue weighted by Crippen LogP contribution is -2.39. The van der Waals surface area contributed by atoms with Crippen molar-refractivity contribution >= 4 is 18.2 Å². The van der Waals surface area contributed by atoms with Crippen molar-refractivity contribution in [2.75, 3.05) is 20.2 Å². The van der Waals surface area contributed by atoms with Crippen LogP contribution in [-0.2, 0) is 0 Å². The van der Waals surface area contributed by atoms with Crippen molar-refractivity contribution in [2.45, 2.75) is 45.2 Å².